The van der Waals surface area contributed by atoms with Crippen LogP contribution >= 0.6 is 0 Å². The van der Waals surface area contributed by atoms with E-state index in [1.54, 1.807) is 0 Å². The quantitative estimate of drug-likeness (QED) is 0.606. The molecule has 2 heteroatoms. The van der Waals surface area contributed by atoms with Crippen LogP contribution in [-0.4, -0.2) is 37.1 Å². The van der Waals surface area contributed by atoms with Crippen molar-refractivity contribution in [3.63, 3.8) is 0 Å². The summed E-state index contributed by atoms with van der Waals surface area (Å²) in [6, 6.07) is 1.22. The van der Waals surface area contributed by atoms with Crippen molar-refractivity contribution in [1.82, 2.24) is 10.2 Å². The average molecular weight is 200 g/mol. The molecule has 0 aromatic carbocycles. The average Bonchev–Trinajstić information content (AvgIpc) is 2.17. The molecule has 0 aliphatic rings. The molecule has 0 saturated carbocycles. The van der Waals surface area contributed by atoms with Gasteiger partial charge in [-0.3, -0.25) is 0 Å². The van der Waals surface area contributed by atoms with E-state index >= 15 is 0 Å². The minimum Gasteiger partial charge on any atom is -0.313 e. The normalized spacial score (nSPS) is 15.9. The fraction of sp³-hybridized carbons (Fsp3) is 1.00. The number of nitrogens with zero attached hydrogens (tertiary/aromatic N) is 1. The molecule has 0 aliphatic heterocycles. The third-order valence-electron chi connectivity index (χ3n) is 3.06. The predicted octanol–water partition coefficient (Wildman–Crippen LogP) is 2.49. The molecule has 2 unspecified atom stereocenters. The van der Waals surface area contributed by atoms with Gasteiger partial charge in [-0.25, -0.2) is 0 Å². The first-order chi connectivity index (χ1) is 6.63. The lowest BCUT2D eigenvalue weighted by molar-refractivity contribution is 0.211. The molecule has 0 amide bonds. The second kappa shape index (κ2) is 8.25. The summed E-state index contributed by atoms with van der Waals surface area (Å²) in [5.74, 6) is 0. The van der Waals surface area contributed by atoms with Crippen molar-refractivity contribution in [2.45, 2.75) is 59.0 Å². The second-order valence-electron chi connectivity index (χ2n) is 4.27. The van der Waals surface area contributed by atoms with Gasteiger partial charge >= 0.3 is 0 Å². The number of unbranched alkanes of at least 4 members (excludes halogenated alkanes) is 2. The maximum atomic E-state index is 3.47. The molecule has 0 bridgehead atoms. The zero-order valence-corrected chi connectivity index (χ0v) is 10.6. The van der Waals surface area contributed by atoms with E-state index in [0.717, 1.165) is 6.54 Å². The summed E-state index contributed by atoms with van der Waals surface area (Å²) in [6.45, 7) is 11.3. The molecule has 14 heavy (non-hydrogen) atoms. The highest BCUT2D eigenvalue weighted by Crippen LogP contribution is 2.04. The first-order valence-corrected chi connectivity index (χ1v) is 6.07. The molecule has 1 N–H and O–H groups in total. The predicted molar refractivity (Wildman–Crippen MR) is 64.8 cm³/mol. The second-order valence-corrected chi connectivity index (χ2v) is 4.27. The van der Waals surface area contributed by atoms with Gasteiger partial charge in [0.2, 0.25) is 0 Å². The number of nitrogens with one attached hydrogen (secondary N) is 1. The van der Waals surface area contributed by atoms with Crippen LogP contribution in [0.5, 0.6) is 0 Å². The molecule has 2 nitrogen and oxygen atoms in total. The Morgan fingerprint density at radius 2 is 1.79 bits per heavy atom. The van der Waals surface area contributed by atoms with Crippen LogP contribution in [-0.2, 0) is 0 Å². The molecule has 0 spiro atoms. The maximum Gasteiger partial charge on any atom is 0.0215 e. The van der Waals surface area contributed by atoms with Crippen LogP contribution in [0.1, 0.15) is 47.0 Å². The van der Waals surface area contributed by atoms with E-state index < -0.39 is 0 Å². The largest absolute Gasteiger partial charge is 0.313 e. The fourth-order valence-electron chi connectivity index (χ4n) is 1.69. The van der Waals surface area contributed by atoms with Gasteiger partial charge in [0.1, 0.15) is 0 Å². The van der Waals surface area contributed by atoms with Crippen molar-refractivity contribution in [3.8, 4) is 0 Å². The molecule has 2 atom stereocenters. The Morgan fingerprint density at radius 1 is 1.14 bits per heavy atom. The van der Waals surface area contributed by atoms with Crippen molar-refractivity contribution in [3.05, 3.63) is 0 Å². The Bertz CT molecular complexity index is 125. The zero-order valence-electron chi connectivity index (χ0n) is 10.6. The number of likely N-dealkylation sites (N-methyl/N-ethyl adjacent to an activating group) is 2. The highest BCUT2D eigenvalue weighted by Gasteiger charge is 2.14. The Labute approximate surface area is 90.1 Å². The SMILES string of the molecule is CCCCCN(C)C(C)C(C)NCC. The summed E-state index contributed by atoms with van der Waals surface area (Å²) in [5, 5.41) is 3.47. The number of hydrogen-bond acceptors (Lipinski definition) is 2. The van der Waals surface area contributed by atoms with Gasteiger partial charge in [-0.05, 0) is 40.4 Å². The summed E-state index contributed by atoms with van der Waals surface area (Å²) >= 11 is 0. The summed E-state index contributed by atoms with van der Waals surface area (Å²) in [6.07, 6.45) is 3.99. The monoisotopic (exact) mass is 200 g/mol. The summed E-state index contributed by atoms with van der Waals surface area (Å²) in [4.78, 5) is 2.46. The fourth-order valence-corrected chi connectivity index (χ4v) is 1.69. The van der Waals surface area contributed by atoms with E-state index in [4.69, 9.17) is 0 Å². The van der Waals surface area contributed by atoms with Gasteiger partial charge in [0.05, 0.1) is 0 Å². The van der Waals surface area contributed by atoms with E-state index in [-0.39, 0.29) is 0 Å². The Balaban J connectivity index is 3.68. The Hall–Kier alpha value is -0.0800. The standard InChI is InChI=1S/C12H28N2/c1-6-8-9-10-14(5)12(4)11(3)13-7-2/h11-13H,6-10H2,1-5H3. The van der Waals surface area contributed by atoms with Gasteiger partial charge in [-0.2, -0.15) is 0 Å². The molecular formula is C12H28N2. The third-order valence-corrected chi connectivity index (χ3v) is 3.06. The molecule has 0 rings (SSSR count). The van der Waals surface area contributed by atoms with Crippen molar-refractivity contribution < 1.29 is 0 Å². The lowest BCUT2D eigenvalue weighted by Gasteiger charge is -2.30. The molecule has 0 fully saturated rings. The van der Waals surface area contributed by atoms with Gasteiger partial charge in [-0.15, -0.1) is 0 Å². The topological polar surface area (TPSA) is 15.3 Å². The van der Waals surface area contributed by atoms with Gasteiger partial charge in [-0.1, -0.05) is 26.7 Å². The maximum absolute atomic E-state index is 3.47. The highest BCUT2D eigenvalue weighted by atomic mass is 15.2. The molecule has 0 aromatic rings. The molecule has 0 aliphatic carbocycles. The van der Waals surface area contributed by atoms with E-state index in [9.17, 15) is 0 Å². The molecule has 0 aromatic heterocycles. The number of hydrogen-bond donors (Lipinski definition) is 1. The van der Waals surface area contributed by atoms with E-state index in [1.807, 2.05) is 0 Å². The lowest BCUT2D eigenvalue weighted by Crippen LogP contribution is -2.45. The van der Waals surface area contributed by atoms with Crippen LogP contribution < -0.4 is 5.32 Å². The van der Waals surface area contributed by atoms with Gasteiger partial charge in [0.25, 0.3) is 0 Å². The first-order valence-electron chi connectivity index (χ1n) is 6.07. The molecular weight excluding hydrogens is 172 g/mol. The minimum atomic E-state index is 0.589. The molecule has 0 heterocycles. The van der Waals surface area contributed by atoms with E-state index in [1.165, 1.54) is 25.8 Å². The van der Waals surface area contributed by atoms with Crippen LogP contribution in [0.3, 0.4) is 0 Å². The number of rotatable bonds is 8. The first kappa shape index (κ1) is 13.9. The van der Waals surface area contributed by atoms with Gasteiger partial charge in [0.15, 0.2) is 0 Å². The third kappa shape index (κ3) is 5.61. The van der Waals surface area contributed by atoms with Gasteiger partial charge in [0, 0.05) is 12.1 Å². The smallest absolute Gasteiger partial charge is 0.0215 e. The van der Waals surface area contributed by atoms with Crippen molar-refractivity contribution in [2.75, 3.05) is 20.1 Å². The molecule has 0 radical (unpaired) electrons. The minimum absolute atomic E-state index is 0.589. The zero-order chi connectivity index (χ0) is 11.0. The van der Waals surface area contributed by atoms with Crippen molar-refractivity contribution in [1.29, 1.82) is 0 Å². The highest BCUT2D eigenvalue weighted by molar-refractivity contribution is 4.75. The van der Waals surface area contributed by atoms with Crippen molar-refractivity contribution in [2.24, 2.45) is 0 Å². The van der Waals surface area contributed by atoms with Crippen LogP contribution in [0.4, 0.5) is 0 Å². The lowest BCUT2D eigenvalue weighted by atomic mass is 10.1. The summed E-state index contributed by atoms with van der Waals surface area (Å²) in [5.41, 5.74) is 0. The summed E-state index contributed by atoms with van der Waals surface area (Å²) < 4.78 is 0. The van der Waals surface area contributed by atoms with Crippen molar-refractivity contribution >= 4 is 0 Å². The van der Waals surface area contributed by atoms with Crippen LogP contribution in [0.15, 0.2) is 0 Å². The van der Waals surface area contributed by atoms with Crippen LogP contribution in [0, 0.1) is 0 Å². The Morgan fingerprint density at radius 3 is 2.29 bits per heavy atom. The van der Waals surface area contributed by atoms with Gasteiger partial charge < -0.3 is 10.2 Å². The summed E-state index contributed by atoms with van der Waals surface area (Å²) in [7, 11) is 2.23. The van der Waals surface area contributed by atoms with E-state index in [0.29, 0.717) is 12.1 Å². The molecule has 0 saturated heterocycles. The molecule has 86 valence electrons. The van der Waals surface area contributed by atoms with E-state index in [2.05, 4.69) is 45.0 Å². The van der Waals surface area contributed by atoms with Crippen LogP contribution in [0.2, 0.25) is 0 Å². The van der Waals surface area contributed by atoms with Crippen LogP contribution in [0.25, 0.3) is 0 Å². The Kier molecular flexibility index (Phi) is 8.20.